The van der Waals surface area contributed by atoms with Crippen LogP contribution in [0.3, 0.4) is 0 Å². The molecule has 0 unspecified atom stereocenters. The quantitative estimate of drug-likeness (QED) is 0.679. The van der Waals surface area contributed by atoms with Crippen LogP contribution in [0.1, 0.15) is 24.2 Å². The van der Waals surface area contributed by atoms with E-state index in [0.717, 1.165) is 41.4 Å². The van der Waals surface area contributed by atoms with Crippen LogP contribution < -0.4 is 0 Å². The molecule has 5 nitrogen and oxygen atoms in total. The predicted molar refractivity (Wildman–Crippen MR) is 78.2 cm³/mol. The van der Waals surface area contributed by atoms with Crippen molar-refractivity contribution in [2.75, 3.05) is 5.88 Å². The smallest absolute Gasteiger partial charge is 0.159 e. The second kappa shape index (κ2) is 5.32. The number of hydrogen-bond acceptors (Lipinski definition) is 3. The van der Waals surface area contributed by atoms with Crippen molar-refractivity contribution < 1.29 is 4.42 Å². The number of fused-ring (bicyclic) bond motifs is 1. The fourth-order valence-corrected chi connectivity index (χ4v) is 2.66. The van der Waals surface area contributed by atoms with E-state index in [1.54, 1.807) is 6.26 Å². The molecule has 0 bridgehead atoms. The molecular formula is C14H17ClN4O. The van der Waals surface area contributed by atoms with Gasteiger partial charge < -0.3 is 8.98 Å². The summed E-state index contributed by atoms with van der Waals surface area (Å²) >= 11 is 5.90. The minimum atomic E-state index is 0.552. The van der Waals surface area contributed by atoms with Crippen LogP contribution in [0.5, 0.6) is 0 Å². The predicted octanol–water partition coefficient (Wildman–Crippen LogP) is 2.98. The highest BCUT2D eigenvalue weighted by Crippen LogP contribution is 2.22. The molecule has 0 N–H and O–H groups in total. The maximum absolute atomic E-state index is 5.90. The number of alkyl halides is 1. The summed E-state index contributed by atoms with van der Waals surface area (Å²) < 4.78 is 9.60. The molecule has 3 heterocycles. The lowest BCUT2D eigenvalue weighted by atomic mass is 10.4. The molecule has 0 radical (unpaired) electrons. The van der Waals surface area contributed by atoms with E-state index >= 15 is 0 Å². The van der Waals surface area contributed by atoms with E-state index in [2.05, 4.69) is 16.6 Å². The van der Waals surface area contributed by atoms with E-state index < -0.39 is 0 Å². The summed E-state index contributed by atoms with van der Waals surface area (Å²) in [6.45, 7) is 5.54. The van der Waals surface area contributed by atoms with Gasteiger partial charge in [-0.25, -0.2) is 9.67 Å². The molecule has 0 atom stereocenters. The van der Waals surface area contributed by atoms with Gasteiger partial charge in [0.1, 0.15) is 17.1 Å². The van der Waals surface area contributed by atoms with E-state index in [0.29, 0.717) is 12.4 Å². The number of halogens is 1. The molecular weight excluding hydrogens is 276 g/mol. The van der Waals surface area contributed by atoms with E-state index in [9.17, 15) is 0 Å². The van der Waals surface area contributed by atoms with Crippen molar-refractivity contribution in [3.8, 4) is 0 Å². The minimum absolute atomic E-state index is 0.552. The standard InChI is InChI=1S/C14H17ClN4O/c1-3-19-14-13(10(2)17-19)16-12(6-7-15)18(14)9-11-5-4-8-20-11/h4-5,8H,3,6-7,9H2,1-2H3. The highest BCUT2D eigenvalue weighted by atomic mass is 35.5. The third-order valence-corrected chi connectivity index (χ3v) is 3.58. The van der Waals surface area contributed by atoms with Gasteiger partial charge in [0, 0.05) is 18.8 Å². The average Bonchev–Trinajstić information content (AvgIpc) is 3.12. The van der Waals surface area contributed by atoms with Crippen LogP contribution in [-0.2, 0) is 19.5 Å². The molecule has 0 spiro atoms. The first-order valence-electron chi connectivity index (χ1n) is 6.75. The molecule has 106 valence electrons. The molecule has 0 aromatic carbocycles. The van der Waals surface area contributed by atoms with Gasteiger partial charge in [-0.15, -0.1) is 11.6 Å². The van der Waals surface area contributed by atoms with Gasteiger partial charge in [-0.1, -0.05) is 0 Å². The van der Waals surface area contributed by atoms with Gasteiger partial charge in [0.05, 0.1) is 18.5 Å². The number of imidazole rings is 1. The molecule has 0 aliphatic rings. The van der Waals surface area contributed by atoms with E-state index in [1.165, 1.54) is 0 Å². The van der Waals surface area contributed by atoms with Gasteiger partial charge in [0.25, 0.3) is 0 Å². The SMILES string of the molecule is CCn1nc(C)c2nc(CCCl)n(Cc3ccco3)c21. The van der Waals surface area contributed by atoms with E-state index in [4.69, 9.17) is 21.0 Å². The fraction of sp³-hybridized carbons (Fsp3) is 0.429. The normalized spacial score (nSPS) is 11.6. The maximum Gasteiger partial charge on any atom is 0.159 e. The monoisotopic (exact) mass is 292 g/mol. The van der Waals surface area contributed by atoms with Gasteiger partial charge in [-0.3, -0.25) is 0 Å². The summed E-state index contributed by atoms with van der Waals surface area (Å²) in [6, 6.07) is 3.86. The Hall–Kier alpha value is -1.75. The first-order chi connectivity index (χ1) is 9.74. The minimum Gasteiger partial charge on any atom is -0.467 e. The Morgan fingerprint density at radius 1 is 1.40 bits per heavy atom. The Labute approximate surface area is 122 Å². The first-order valence-corrected chi connectivity index (χ1v) is 7.29. The van der Waals surface area contributed by atoms with Crippen molar-refractivity contribution in [1.29, 1.82) is 0 Å². The summed E-state index contributed by atoms with van der Waals surface area (Å²) in [5.41, 5.74) is 2.95. The summed E-state index contributed by atoms with van der Waals surface area (Å²) in [7, 11) is 0. The summed E-state index contributed by atoms with van der Waals surface area (Å²) in [4.78, 5) is 4.70. The van der Waals surface area contributed by atoms with Crippen molar-refractivity contribution in [1.82, 2.24) is 19.3 Å². The number of aromatic nitrogens is 4. The van der Waals surface area contributed by atoms with Crippen molar-refractivity contribution in [2.45, 2.75) is 33.4 Å². The van der Waals surface area contributed by atoms with Gasteiger partial charge in [0.15, 0.2) is 5.65 Å². The highest BCUT2D eigenvalue weighted by molar-refractivity contribution is 6.17. The van der Waals surface area contributed by atoms with Crippen LogP contribution in [0, 0.1) is 6.92 Å². The van der Waals surface area contributed by atoms with Crippen LogP contribution in [-0.4, -0.2) is 25.2 Å². The van der Waals surface area contributed by atoms with Crippen LogP contribution in [0.4, 0.5) is 0 Å². The van der Waals surface area contributed by atoms with Crippen LogP contribution >= 0.6 is 11.6 Å². The first kappa shape index (κ1) is 13.2. The van der Waals surface area contributed by atoms with Crippen molar-refractivity contribution in [2.24, 2.45) is 0 Å². The van der Waals surface area contributed by atoms with Crippen molar-refractivity contribution >= 4 is 22.8 Å². The van der Waals surface area contributed by atoms with Crippen LogP contribution in [0.25, 0.3) is 11.2 Å². The van der Waals surface area contributed by atoms with Crippen molar-refractivity contribution in [3.05, 3.63) is 35.7 Å². The second-order valence-electron chi connectivity index (χ2n) is 4.71. The summed E-state index contributed by atoms with van der Waals surface area (Å²) in [5, 5.41) is 4.53. The highest BCUT2D eigenvalue weighted by Gasteiger charge is 2.18. The zero-order valence-electron chi connectivity index (χ0n) is 11.6. The molecule has 20 heavy (non-hydrogen) atoms. The molecule has 0 saturated heterocycles. The van der Waals surface area contributed by atoms with Crippen LogP contribution in [0.2, 0.25) is 0 Å². The Balaban J connectivity index is 2.16. The maximum atomic E-state index is 5.90. The number of hydrogen-bond donors (Lipinski definition) is 0. The molecule has 0 aliphatic carbocycles. The number of rotatable bonds is 5. The van der Waals surface area contributed by atoms with Crippen LogP contribution in [0.15, 0.2) is 22.8 Å². The molecule has 3 aromatic heterocycles. The lowest BCUT2D eigenvalue weighted by Gasteiger charge is -2.08. The van der Waals surface area contributed by atoms with Gasteiger partial charge >= 0.3 is 0 Å². The average molecular weight is 293 g/mol. The summed E-state index contributed by atoms with van der Waals surface area (Å²) in [5.74, 6) is 2.44. The summed E-state index contributed by atoms with van der Waals surface area (Å²) in [6.07, 6.45) is 2.42. The van der Waals surface area contributed by atoms with Gasteiger partial charge in [-0.2, -0.15) is 5.10 Å². The Kier molecular flexibility index (Phi) is 3.53. The lowest BCUT2D eigenvalue weighted by molar-refractivity contribution is 0.488. The number of furan rings is 1. The zero-order valence-corrected chi connectivity index (χ0v) is 12.4. The number of aryl methyl sites for hydroxylation is 3. The molecule has 0 aliphatic heterocycles. The van der Waals surface area contributed by atoms with Gasteiger partial charge in [-0.05, 0) is 26.0 Å². The topological polar surface area (TPSA) is 48.8 Å². The van der Waals surface area contributed by atoms with E-state index in [1.807, 2.05) is 23.7 Å². The Morgan fingerprint density at radius 2 is 2.25 bits per heavy atom. The molecule has 3 rings (SSSR count). The fourth-order valence-electron chi connectivity index (χ4n) is 2.49. The molecule has 6 heteroatoms. The second-order valence-corrected chi connectivity index (χ2v) is 5.08. The number of nitrogens with zero attached hydrogens (tertiary/aromatic N) is 4. The van der Waals surface area contributed by atoms with E-state index in [-0.39, 0.29) is 0 Å². The van der Waals surface area contributed by atoms with Gasteiger partial charge in [0.2, 0.25) is 0 Å². The molecule has 3 aromatic rings. The molecule has 0 fully saturated rings. The Bertz CT molecular complexity index is 711. The van der Waals surface area contributed by atoms with Crippen molar-refractivity contribution in [3.63, 3.8) is 0 Å². The third-order valence-electron chi connectivity index (χ3n) is 3.39. The third kappa shape index (κ3) is 2.12. The Morgan fingerprint density at radius 3 is 2.90 bits per heavy atom. The molecule has 0 amide bonds. The lowest BCUT2D eigenvalue weighted by Crippen LogP contribution is -2.10. The zero-order chi connectivity index (χ0) is 14.1. The molecule has 0 saturated carbocycles. The largest absolute Gasteiger partial charge is 0.467 e.